The number of alkyl halides is 1. The molecule has 2 rings (SSSR count). The predicted octanol–water partition coefficient (Wildman–Crippen LogP) is 3.44. The Hall–Kier alpha value is -0.220. The lowest BCUT2D eigenvalue weighted by atomic mass is 10.2. The average Bonchev–Trinajstić information content (AvgIpc) is 2.69. The number of carbonyl (C=O) groups excluding carboxylic acids is 1. The summed E-state index contributed by atoms with van der Waals surface area (Å²) >= 11 is 5.23. The first-order valence-corrected chi connectivity index (χ1v) is 6.49. The zero-order valence-corrected chi connectivity index (χ0v) is 10.6. The summed E-state index contributed by atoms with van der Waals surface area (Å²) in [5.41, 5.74) is 0.600. The molecule has 0 bridgehead atoms. The normalized spacial score (nSPS) is 27.4. The molecule has 1 saturated carbocycles. The molecule has 3 unspecified atom stereocenters. The van der Waals surface area contributed by atoms with Crippen molar-refractivity contribution in [2.75, 3.05) is 0 Å². The highest BCUT2D eigenvalue weighted by Crippen LogP contribution is 2.51. The van der Waals surface area contributed by atoms with Crippen LogP contribution >= 0.6 is 27.3 Å². The molecule has 4 heteroatoms. The summed E-state index contributed by atoms with van der Waals surface area (Å²) in [6.45, 7) is 3.81. The number of hydrogen-bond acceptors (Lipinski definition) is 3. The molecule has 1 fully saturated rings. The lowest BCUT2D eigenvalue weighted by Crippen LogP contribution is -1.96. The summed E-state index contributed by atoms with van der Waals surface area (Å²) in [6, 6.07) is 0. The minimum absolute atomic E-state index is 0.0519. The van der Waals surface area contributed by atoms with E-state index >= 15 is 0 Å². The maximum Gasteiger partial charge on any atom is 0.178 e. The minimum atomic E-state index is 0.0519. The van der Waals surface area contributed by atoms with E-state index in [1.54, 1.807) is 18.3 Å². The number of nitrogens with zero attached hydrogens (tertiary/aromatic N) is 1. The fourth-order valence-corrected chi connectivity index (χ4v) is 3.59. The van der Waals surface area contributed by atoms with Crippen molar-refractivity contribution in [2.24, 2.45) is 11.8 Å². The minimum Gasteiger partial charge on any atom is -0.293 e. The second kappa shape index (κ2) is 3.74. The Balaban J connectivity index is 2.12. The molecule has 2 nitrogen and oxygen atoms in total. The fraction of sp³-hybridized carbons (Fsp3) is 0.600. The highest BCUT2D eigenvalue weighted by atomic mass is 79.9. The number of Topliss-reactive ketones (excluding diaryl/α,β-unsaturated/α-hetero) is 1. The molecule has 0 spiro atoms. The van der Waals surface area contributed by atoms with Crippen LogP contribution in [0, 0.1) is 11.8 Å². The lowest BCUT2D eigenvalue weighted by molar-refractivity contribution is 0.101. The third-order valence-electron chi connectivity index (χ3n) is 2.67. The summed E-state index contributed by atoms with van der Waals surface area (Å²) < 4.78 is 0. The van der Waals surface area contributed by atoms with Crippen molar-refractivity contribution in [3.63, 3.8) is 0 Å². The maximum atomic E-state index is 11.1. The molecule has 0 amide bonds. The molecule has 76 valence electrons. The van der Waals surface area contributed by atoms with Crippen molar-refractivity contribution in [1.29, 1.82) is 0 Å². The molecule has 0 aliphatic heterocycles. The third kappa shape index (κ3) is 1.91. The molecule has 0 aromatic carbocycles. The second-order valence-electron chi connectivity index (χ2n) is 3.91. The van der Waals surface area contributed by atoms with Crippen LogP contribution in [0.1, 0.15) is 40.6 Å². The van der Waals surface area contributed by atoms with E-state index in [2.05, 4.69) is 27.8 Å². The molecule has 0 radical (unpaired) electrons. The summed E-state index contributed by atoms with van der Waals surface area (Å²) in [5, 5.41) is 2.89. The highest BCUT2D eigenvalue weighted by Gasteiger charge is 2.40. The molecule has 1 aliphatic rings. The third-order valence-corrected chi connectivity index (χ3v) is 5.01. The number of thiazole rings is 1. The quantitative estimate of drug-likeness (QED) is 0.624. The topological polar surface area (TPSA) is 30.0 Å². The van der Waals surface area contributed by atoms with Crippen LogP contribution in [-0.4, -0.2) is 10.8 Å². The average molecular weight is 274 g/mol. The Morgan fingerprint density at radius 3 is 2.86 bits per heavy atom. The van der Waals surface area contributed by atoms with Crippen LogP contribution in [0.5, 0.6) is 0 Å². The molecule has 1 heterocycles. The smallest absolute Gasteiger partial charge is 0.178 e. The first-order valence-electron chi connectivity index (χ1n) is 4.70. The number of hydrogen-bond donors (Lipinski definition) is 0. The summed E-state index contributed by atoms with van der Waals surface area (Å²) in [7, 11) is 0. The number of ketones is 1. The molecular formula is C10H12BrNOS. The number of aromatic nitrogens is 1. The van der Waals surface area contributed by atoms with E-state index < -0.39 is 0 Å². The molecule has 14 heavy (non-hydrogen) atoms. The van der Waals surface area contributed by atoms with Gasteiger partial charge in [0.15, 0.2) is 5.78 Å². The first kappa shape index (κ1) is 10.3. The van der Waals surface area contributed by atoms with Crippen molar-refractivity contribution in [2.45, 2.75) is 25.1 Å². The van der Waals surface area contributed by atoms with E-state index in [0.717, 1.165) is 10.9 Å². The van der Waals surface area contributed by atoms with Gasteiger partial charge in [-0.1, -0.05) is 22.9 Å². The van der Waals surface area contributed by atoms with Gasteiger partial charge in [0.2, 0.25) is 0 Å². The summed E-state index contributed by atoms with van der Waals surface area (Å²) in [4.78, 5) is 15.7. The lowest BCUT2D eigenvalue weighted by Gasteiger charge is -2.03. The summed E-state index contributed by atoms with van der Waals surface area (Å²) in [6.07, 6.45) is 1.27. The SMILES string of the molecule is CC(=O)c1csc(C(Br)C2CC2C)n1. The van der Waals surface area contributed by atoms with Crippen molar-refractivity contribution in [3.05, 3.63) is 16.1 Å². The summed E-state index contributed by atoms with van der Waals surface area (Å²) in [5.74, 6) is 1.56. The molecule has 3 atom stereocenters. The Morgan fingerprint density at radius 1 is 1.79 bits per heavy atom. The molecule has 1 aliphatic carbocycles. The molecule has 1 aromatic heterocycles. The van der Waals surface area contributed by atoms with Crippen molar-refractivity contribution < 1.29 is 4.79 Å². The zero-order valence-electron chi connectivity index (χ0n) is 8.16. The van der Waals surface area contributed by atoms with Gasteiger partial charge in [0, 0.05) is 12.3 Å². The van der Waals surface area contributed by atoms with Gasteiger partial charge in [-0.3, -0.25) is 4.79 Å². The van der Waals surface area contributed by atoms with Crippen molar-refractivity contribution in [1.82, 2.24) is 4.98 Å². The predicted molar refractivity (Wildman–Crippen MR) is 61.1 cm³/mol. The monoisotopic (exact) mass is 273 g/mol. The largest absolute Gasteiger partial charge is 0.293 e. The van der Waals surface area contributed by atoms with Crippen LogP contribution in [0.3, 0.4) is 0 Å². The van der Waals surface area contributed by atoms with E-state index in [-0.39, 0.29) is 5.78 Å². The maximum absolute atomic E-state index is 11.1. The fourth-order valence-electron chi connectivity index (χ4n) is 1.52. The van der Waals surface area contributed by atoms with Gasteiger partial charge in [0.05, 0.1) is 4.83 Å². The van der Waals surface area contributed by atoms with Crippen LogP contribution in [0.4, 0.5) is 0 Å². The number of rotatable bonds is 3. The zero-order chi connectivity index (χ0) is 10.3. The van der Waals surface area contributed by atoms with Crippen LogP contribution in [0.2, 0.25) is 0 Å². The first-order chi connectivity index (χ1) is 6.59. The standard InChI is InChI=1S/C10H12BrNOS/c1-5-3-7(5)9(11)10-12-8(4-14-10)6(2)13/h4-5,7,9H,3H2,1-2H3. The molecule has 0 saturated heterocycles. The Morgan fingerprint density at radius 2 is 2.43 bits per heavy atom. The van der Waals surface area contributed by atoms with E-state index in [0.29, 0.717) is 16.4 Å². The van der Waals surface area contributed by atoms with Gasteiger partial charge in [-0.15, -0.1) is 11.3 Å². The van der Waals surface area contributed by atoms with Crippen LogP contribution in [0.25, 0.3) is 0 Å². The Labute approximate surface area is 95.9 Å². The molecule has 0 N–H and O–H groups in total. The van der Waals surface area contributed by atoms with Crippen LogP contribution in [0.15, 0.2) is 5.38 Å². The van der Waals surface area contributed by atoms with Gasteiger partial charge in [0.25, 0.3) is 0 Å². The van der Waals surface area contributed by atoms with E-state index in [1.807, 2.05) is 5.38 Å². The highest BCUT2D eigenvalue weighted by molar-refractivity contribution is 9.09. The van der Waals surface area contributed by atoms with Gasteiger partial charge < -0.3 is 0 Å². The van der Waals surface area contributed by atoms with Gasteiger partial charge in [-0.25, -0.2) is 4.98 Å². The number of halogens is 1. The number of carbonyl (C=O) groups is 1. The van der Waals surface area contributed by atoms with Gasteiger partial charge >= 0.3 is 0 Å². The van der Waals surface area contributed by atoms with E-state index in [9.17, 15) is 4.79 Å². The molecule has 1 aromatic rings. The van der Waals surface area contributed by atoms with Gasteiger partial charge in [-0.2, -0.15) is 0 Å². The van der Waals surface area contributed by atoms with Crippen molar-refractivity contribution >= 4 is 33.0 Å². The van der Waals surface area contributed by atoms with Gasteiger partial charge in [0.1, 0.15) is 10.7 Å². The van der Waals surface area contributed by atoms with Crippen LogP contribution < -0.4 is 0 Å². The Kier molecular flexibility index (Phi) is 2.75. The van der Waals surface area contributed by atoms with E-state index in [4.69, 9.17) is 0 Å². The van der Waals surface area contributed by atoms with Crippen molar-refractivity contribution in [3.8, 4) is 0 Å². The van der Waals surface area contributed by atoms with Crippen LogP contribution in [-0.2, 0) is 0 Å². The Bertz CT molecular complexity index is 363. The molecular weight excluding hydrogens is 262 g/mol. The van der Waals surface area contributed by atoms with Gasteiger partial charge in [-0.05, 0) is 18.3 Å². The second-order valence-corrected chi connectivity index (χ2v) is 5.78. The van der Waals surface area contributed by atoms with E-state index in [1.165, 1.54) is 6.42 Å².